The molecule has 0 N–H and O–H groups in total. The molecule has 3 rings (SSSR count). The van der Waals surface area contributed by atoms with Crippen molar-refractivity contribution in [1.82, 2.24) is 4.90 Å². The van der Waals surface area contributed by atoms with E-state index in [9.17, 15) is 18.0 Å². The third-order valence-corrected chi connectivity index (χ3v) is 4.16. The Morgan fingerprint density at radius 2 is 1.72 bits per heavy atom. The first kappa shape index (κ1) is 17.5. The number of rotatable bonds is 4. The molecular formula is C19H18F3NO2. The molecule has 0 unspecified atom stereocenters. The van der Waals surface area contributed by atoms with E-state index in [1.807, 2.05) is 0 Å². The van der Waals surface area contributed by atoms with Gasteiger partial charge in [0.15, 0.2) is 0 Å². The molecule has 0 saturated carbocycles. The smallest absolute Gasteiger partial charge is 0.253 e. The standard InChI is InChI=1S/C19H18F3NO2/c20-15-5-3-14(4-6-15)19(24)23-7-1-2-18(11-23)25-12-13-8-16(21)10-17(22)9-13/h3-6,8-10,18H,1-2,7,11-12H2/t18-/m1/s1. The highest BCUT2D eigenvalue weighted by molar-refractivity contribution is 5.94. The number of amides is 1. The Labute approximate surface area is 144 Å². The van der Waals surface area contributed by atoms with Crippen LogP contribution >= 0.6 is 0 Å². The predicted octanol–water partition coefficient (Wildman–Crippen LogP) is 3.93. The van der Waals surface area contributed by atoms with Gasteiger partial charge in [-0.15, -0.1) is 0 Å². The van der Waals surface area contributed by atoms with Gasteiger partial charge in [-0.3, -0.25) is 4.79 Å². The SMILES string of the molecule is O=C(c1ccc(F)cc1)N1CCC[C@@H](OCc2cc(F)cc(F)c2)C1. The molecule has 1 atom stereocenters. The second-order valence-corrected chi connectivity index (χ2v) is 6.11. The lowest BCUT2D eigenvalue weighted by atomic mass is 10.1. The lowest BCUT2D eigenvalue weighted by molar-refractivity contribution is -0.00686. The van der Waals surface area contributed by atoms with Crippen LogP contribution in [0.25, 0.3) is 0 Å². The average molecular weight is 349 g/mol. The van der Waals surface area contributed by atoms with Crippen molar-refractivity contribution in [3.63, 3.8) is 0 Å². The van der Waals surface area contributed by atoms with Crippen molar-refractivity contribution in [2.45, 2.75) is 25.6 Å². The van der Waals surface area contributed by atoms with Gasteiger partial charge >= 0.3 is 0 Å². The van der Waals surface area contributed by atoms with E-state index in [1.165, 1.54) is 36.4 Å². The summed E-state index contributed by atoms with van der Waals surface area (Å²) in [6.07, 6.45) is 1.34. The van der Waals surface area contributed by atoms with Crippen LogP contribution in [0.4, 0.5) is 13.2 Å². The van der Waals surface area contributed by atoms with Crippen LogP contribution in [0.5, 0.6) is 0 Å². The second-order valence-electron chi connectivity index (χ2n) is 6.11. The highest BCUT2D eigenvalue weighted by atomic mass is 19.1. The zero-order valence-corrected chi connectivity index (χ0v) is 13.6. The Morgan fingerprint density at radius 3 is 2.40 bits per heavy atom. The highest BCUT2D eigenvalue weighted by Crippen LogP contribution is 2.18. The number of nitrogens with zero attached hydrogens (tertiary/aromatic N) is 1. The maximum Gasteiger partial charge on any atom is 0.253 e. The Bertz CT molecular complexity index is 729. The van der Waals surface area contributed by atoms with Crippen LogP contribution in [0.2, 0.25) is 0 Å². The van der Waals surface area contributed by atoms with Crippen molar-refractivity contribution in [1.29, 1.82) is 0 Å². The van der Waals surface area contributed by atoms with Crippen LogP contribution in [0.3, 0.4) is 0 Å². The molecule has 2 aromatic carbocycles. The molecule has 1 aliphatic rings. The molecule has 1 fully saturated rings. The van der Waals surface area contributed by atoms with E-state index in [-0.39, 0.29) is 18.6 Å². The summed E-state index contributed by atoms with van der Waals surface area (Å²) in [6, 6.07) is 8.69. The van der Waals surface area contributed by atoms with Crippen molar-refractivity contribution in [2.75, 3.05) is 13.1 Å². The number of hydrogen-bond donors (Lipinski definition) is 0. The Balaban J connectivity index is 1.59. The molecule has 6 heteroatoms. The minimum atomic E-state index is -0.643. The molecule has 0 bridgehead atoms. The van der Waals surface area contributed by atoms with Gasteiger partial charge in [-0.05, 0) is 54.8 Å². The Hall–Kier alpha value is -2.34. The zero-order chi connectivity index (χ0) is 17.8. The summed E-state index contributed by atoms with van der Waals surface area (Å²) in [6.45, 7) is 1.08. The lowest BCUT2D eigenvalue weighted by Crippen LogP contribution is -2.43. The van der Waals surface area contributed by atoms with Crippen LogP contribution in [-0.2, 0) is 11.3 Å². The maximum absolute atomic E-state index is 13.2. The number of likely N-dealkylation sites (tertiary alicyclic amines) is 1. The Morgan fingerprint density at radius 1 is 1.04 bits per heavy atom. The van der Waals surface area contributed by atoms with E-state index in [0.717, 1.165) is 18.9 Å². The number of carbonyl (C=O) groups excluding carboxylic acids is 1. The number of benzene rings is 2. The number of halogens is 3. The van der Waals surface area contributed by atoms with Crippen LogP contribution < -0.4 is 0 Å². The molecule has 132 valence electrons. The van der Waals surface area contributed by atoms with E-state index in [1.54, 1.807) is 4.90 Å². The lowest BCUT2D eigenvalue weighted by Gasteiger charge is -2.32. The van der Waals surface area contributed by atoms with Crippen molar-refractivity contribution in [3.05, 3.63) is 71.0 Å². The van der Waals surface area contributed by atoms with Crippen molar-refractivity contribution in [3.8, 4) is 0 Å². The molecule has 3 nitrogen and oxygen atoms in total. The fourth-order valence-electron chi connectivity index (χ4n) is 2.94. The third kappa shape index (κ3) is 4.60. The predicted molar refractivity (Wildman–Crippen MR) is 86.5 cm³/mol. The van der Waals surface area contributed by atoms with Crippen molar-refractivity contribution < 1.29 is 22.7 Å². The van der Waals surface area contributed by atoms with Crippen molar-refractivity contribution in [2.24, 2.45) is 0 Å². The van der Waals surface area contributed by atoms with E-state index in [0.29, 0.717) is 24.2 Å². The molecular weight excluding hydrogens is 331 g/mol. The summed E-state index contributed by atoms with van der Waals surface area (Å²) >= 11 is 0. The fraction of sp³-hybridized carbons (Fsp3) is 0.316. The maximum atomic E-state index is 13.2. The summed E-state index contributed by atoms with van der Waals surface area (Å²) in [5.41, 5.74) is 0.841. The van der Waals surface area contributed by atoms with E-state index >= 15 is 0 Å². The van der Waals surface area contributed by atoms with Crippen LogP contribution in [-0.4, -0.2) is 30.0 Å². The topological polar surface area (TPSA) is 29.5 Å². The van der Waals surface area contributed by atoms with Gasteiger partial charge in [-0.2, -0.15) is 0 Å². The molecule has 1 heterocycles. The van der Waals surface area contributed by atoms with Gasteiger partial charge in [0, 0.05) is 24.7 Å². The van der Waals surface area contributed by atoms with Gasteiger partial charge in [-0.25, -0.2) is 13.2 Å². The van der Waals surface area contributed by atoms with Gasteiger partial charge in [0.1, 0.15) is 17.5 Å². The third-order valence-electron chi connectivity index (χ3n) is 4.16. The molecule has 2 aromatic rings. The number of piperidine rings is 1. The zero-order valence-electron chi connectivity index (χ0n) is 13.6. The summed E-state index contributed by atoms with van der Waals surface area (Å²) < 4.78 is 45.1. The average Bonchev–Trinajstić information content (AvgIpc) is 2.59. The van der Waals surface area contributed by atoms with Gasteiger partial charge in [0.25, 0.3) is 5.91 Å². The highest BCUT2D eigenvalue weighted by Gasteiger charge is 2.25. The van der Waals surface area contributed by atoms with Crippen LogP contribution in [0.15, 0.2) is 42.5 Å². The molecule has 25 heavy (non-hydrogen) atoms. The first-order valence-corrected chi connectivity index (χ1v) is 8.12. The van der Waals surface area contributed by atoms with E-state index in [4.69, 9.17) is 4.74 Å². The fourth-order valence-corrected chi connectivity index (χ4v) is 2.94. The first-order valence-electron chi connectivity index (χ1n) is 8.12. The van der Waals surface area contributed by atoms with Gasteiger partial charge in [0.05, 0.1) is 12.7 Å². The molecule has 0 spiro atoms. The quantitative estimate of drug-likeness (QED) is 0.837. The summed E-state index contributed by atoms with van der Waals surface area (Å²) in [7, 11) is 0. The monoisotopic (exact) mass is 349 g/mol. The number of ether oxygens (including phenoxy) is 1. The summed E-state index contributed by atoms with van der Waals surface area (Å²) in [5, 5.41) is 0. The van der Waals surface area contributed by atoms with E-state index < -0.39 is 17.5 Å². The molecule has 0 aliphatic carbocycles. The molecule has 1 saturated heterocycles. The van der Waals surface area contributed by atoms with Gasteiger partial charge in [-0.1, -0.05) is 0 Å². The minimum absolute atomic E-state index is 0.0813. The van der Waals surface area contributed by atoms with Crippen LogP contribution in [0, 0.1) is 17.5 Å². The van der Waals surface area contributed by atoms with Crippen LogP contribution in [0.1, 0.15) is 28.8 Å². The van der Waals surface area contributed by atoms with Crippen molar-refractivity contribution >= 4 is 5.91 Å². The number of carbonyl (C=O) groups is 1. The van der Waals surface area contributed by atoms with Gasteiger partial charge < -0.3 is 9.64 Å². The largest absolute Gasteiger partial charge is 0.372 e. The second kappa shape index (κ2) is 7.70. The molecule has 0 radical (unpaired) electrons. The Kier molecular flexibility index (Phi) is 5.38. The summed E-state index contributed by atoms with van der Waals surface area (Å²) in [5.74, 6) is -1.85. The molecule has 1 amide bonds. The molecule has 0 aromatic heterocycles. The minimum Gasteiger partial charge on any atom is -0.372 e. The van der Waals surface area contributed by atoms with Gasteiger partial charge in [0.2, 0.25) is 0 Å². The summed E-state index contributed by atoms with van der Waals surface area (Å²) in [4.78, 5) is 14.1. The normalized spacial score (nSPS) is 17.6. The molecule has 1 aliphatic heterocycles. The first-order chi connectivity index (χ1) is 12.0. The van der Waals surface area contributed by atoms with E-state index in [2.05, 4.69) is 0 Å². The number of hydrogen-bond acceptors (Lipinski definition) is 2.